The molecule has 0 saturated carbocycles. The van der Waals surface area contributed by atoms with Gasteiger partial charge < -0.3 is 20.0 Å². The minimum absolute atomic E-state index is 0.110. The monoisotopic (exact) mass is 349 g/mol. The van der Waals surface area contributed by atoms with Crippen molar-refractivity contribution < 1.29 is 9.69 Å². The molecule has 0 aromatic heterocycles. The highest BCUT2D eigenvalue weighted by Gasteiger charge is 2.19. The molecular weight excluding hydrogens is 320 g/mol. The van der Waals surface area contributed by atoms with E-state index in [9.17, 15) is 4.79 Å². The minimum atomic E-state index is 0.110. The lowest BCUT2D eigenvalue weighted by Gasteiger charge is -2.37. The summed E-state index contributed by atoms with van der Waals surface area (Å²) in [5, 5.41) is 4.24. The molecule has 2 rings (SSSR count). The number of piperazine rings is 1. The van der Waals surface area contributed by atoms with Crippen molar-refractivity contribution >= 4 is 28.8 Å². The van der Waals surface area contributed by atoms with Gasteiger partial charge in [-0.05, 0) is 43.4 Å². The Balaban J connectivity index is 1.76. The second-order valence-corrected chi connectivity index (χ2v) is 7.01. The summed E-state index contributed by atoms with van der Waals surface area (Å²) in [6.07, 6.45) is 1.13. The quantitative estimate of drug-likeness (QED) is 0.443. The number of ketones is 1. The number of hydrogen-bond acceptors (Lipinski definition) is 3. The van der Waals surface area contributed by atoms with Gasteiger partial charge in [-0.3, -0.25) is 4.79 Å². The summed E-state index contributed by atoms with van der Waals surface area (Å²) in [5.41, 5.74) is 1.94. The zero-order valence-corrected chi connectivity index (χ0v) is 15.8. The maximum Gasteiger partial charge on any atom is 0.169 e. The molecular formula is C18H29N4OS+. The van der Waals surface area contributed by atoms with E-state index >= 15 is 0 Å². The number of hydrogen-bond donors (Lipinski definition) is 2. The van der Waals surface area contributed by atoms with Crippen LogP contribution in [0.4, 0.5) is 5.69 Å². The predicted octanol–water partition coefficient (Wildman–Crippen LogP) is 0.420. The molecule has 0 unspecified atom stereocenters. The van der Waals surface area contributed by atoms with E-state index in [2.05, 4.69) is 29.2 Å². The van der Waals surface area contributed by atoms with Crippen LogP contribution < -0.4 is 15.1 Å². The van der Waals surface area contributed by atoms with Crippen LogP contribution in [0.3, 0.4) is 0 Å². The smallest absolute Gasteiger partial charge is 0.169 e. The first-order chi connectivity index (χ1) is 11.5. The molecule has 1 fully saturated rings. The molecule has 1 aliphatic rings. The third kappa shape index (κ3) is 5.46. The van der Waals surface area contributed by atoms with Crippen molar-refractivity contribution in [2.24, 2.45) is 0 Å². The summed E-state index contributed by atoms with van der Waals surface area (Å²) >= 11 is 5.51. The standard InChI is InChI=1S/C18H28N4OS/c1-15(23)16-5-7-17(8-6-16)21-11-13-22(14-12-21)18(24)19-9-4-10-20(2)3/h5-8H,4,9-14H2,1-3H3,(H,19,24)/p+1. The zero-order chi connectivity index (χ0) is 17.5. The molecule has 6 heteroatoms. The Bertz CT molecular complexity index is 551. The number of rotatable bonds is 6. The fourth-order valence-electron chi connectivity index (χ4n) is 2.82. The summed E-state index contributed by atoms with van der Waals surface area (Å²) in [6.45, 7) is 7.45. The van der Waals surface area contributed by atoms with Crippen LogP contribution in [0.2, 0.25) is 0 Å². The third-order valence-electron chi connectivity index (χ3n) is 4.34. The normalized spacial score (nSPS) is 14.8. The fourth-order valence-corrected chi connectivity index (χ4v) is 3.11. The number of anilines is 1. The van der Waals surface area contributed by atoms with Gasteiger partial charge in [0, 0.05) is 50.4 Å². The van der Waals surface area contributed by atoms with Crippen LogP contribution in [-0.2, 0) is 0 Å². The second-order valence-electron chi connectivity index (χ2n) is 6.62. The lowest BCUT2D eigenvalue weighted by molar-refractivity contribution is -0.858. The SMILES string of the molecule is CC(=O)c1ccc(N2CCN(C(=S)NCCC[NH+](C)C)CC2)cc1. The van der Waals surface area contributed by atoms with E-state index in [0.29, 0.717) is 0 Å². The Morgan fingerprint density at radius 3 is 2.33 bits per heavy atom. The Labute approximate surface area is 150 Å². The number of Topliss-reactive ketones (excluding diaryl/α,β-unsaturated/α-hetero) is 1. The molecule has 24 heavy (non-hydrogen) atoms. The van der Waals surface area contributed by atoms with Gasteiger partial charge in [-0.2, -0.15) is 0 Å². The summed E-state index contributed by atoms with van der Waals surface area (Å²) in [4.78, 5) is 17.4. The fraction of sp³-hybridized carbons (Fsp3) is 0.556. The maximum atomic E-state index is 11.4. The Hall–Kier alpha value is -1.66. The van der Waals surface area contributed by atoms with Gasteiger partial charge in [-0.25, -0.2) is 0 Å². The van der Waals surface area contributed by atoms with Gasteiger partial charge >= 0.3 is 0 Å². The average Bonchev–Trinajstić information content (AvgIpc) is 2.58. The summed E-state index contributed by atoms with van der Waals surface area (Å²) in [6, 6.07) is 7.88. The largest absolute Gasteiger partial charge is 0.368 e. The second kappa shape index (κ2) is 8.99. The first-order valence-corrected chi connectivity index (χ1v) is 9.06. The number of thiocarbonyl (C=S) groups is 1. The summed E-state index contributed by atoms with van der Waals surface area (Å²) in [7, 11) is 4.33. The first-order valence-electron chi connectivity index (χ1n) is 8.65. The van der Waals surface area contributed by atoms with Gasteiger partial charge in [0.2, 0.25) is 0 Å². The summed E-state index contributed by atoms with van der Waals surface area (Å²) in [5.74, 6) is 0.110. The Morgan fingerprint density at radius 1 is 1.17 bits per heavy atom. The van der Waals surface area contributed by atoms with E-state index in [1.54, 1.807) is 6.92 Å². The van der Waals surface area contributed by atoms with Crippen LogP contribution in [0.25, 0.3) is 0 Å². The number of nitrogens with one attached hydrogen (secondary N) is 2. The zero-order valence-electron chi connectivity index (χ0n) is 15.0. The van der Waals surface area contributed by atoms with E-state index in [0.717, 1.165) is 56.4 Å². The Morgan fingerprint density at radius 2 is 1.79 bits per heavy atom. The third-order valence-corrected chi connectivity index (χ3v) is 4.74. The number of benzene rings is 1. The number of nitrogens with zero attached hydrogens (tertiary/aromatic N) is 2. The number of quaternary nitrogens is 1. The molecule has 5 nitrogen and oxygen atoms in total. The van der Waals surface area contributed by atoms with Crippen LogP contribution in [-0.4, -0.2) is 69.2 Å². The van der Waals surface area contributed by atoms with Crippen molar-refractivity contribution in [2.45, 2.75) is 13.3 Å². The van der Waals surface area contributed by atoms with Gasteiger partial charge in [-0.1, -0.05) is 0 Å². The molecule has 1 aromatic carbocycles. The van der Waals surface area contributed by atoms with E-state index in [1.807, 2.05) is 24.3 Å². The lowest BCUT2D eigenvalue weighted by atomic mass is 10.1. The van der Waals surface area contributed by atoms with Crippen LogP contribution >= 0.6 is 12.2 Å². The topological polar surface area (TPSA) is 40.0 Å². The number of carbonyl (C=O) groups excluding carboxylic acids is 1. The van der Waals surface area contributed by atoms with Crippen molar-refractivity contribution in [3.8, 4) is 0 Å². The number of carbonyl (C=O) groups is 1. The first kappa shape index (κ1) is 18.7. The minimum Gasteiger partial charge on any atom is -0.368 e. The lowest BCUT2D eigenvalue weighted by Crippen LogP contribution is -3.05. The van der Waals surface area contributed by atoms with E-state index in [4.69, 9.17) is 12.2 Å². The van der Waals surface area contributed by atoms with Crippen molar-refractivity contribution in [3.05, 3.63) is 29.8 Å². The van der Waals surface area contributed by atoms with Crippen LogP contribution in [0.15, 0.2) is 24.3 Å². The average molecular weight is 350 g/mol. The maximum absolute atomic E-state index is 11.4. The van der Waals surface area contributed by atoms with Gasteiger partial charge in [0.15, 0.2) is 10.9 Å². The van der Waals surface area contributed by atoms with E-state index in [1.165, 1.54) is 10.6 Å². The van der Waals surface area contributed by atoms with E-state index in [-0.39, 0.29) is 5.78 Å². The van der Waals surface area contributed by atoms with Gasteiger partial charge in [0.25, 0.3) is 0 Å². The van der Waals surface area contributed by atoms with Crippen LogP contribution in [0.5, 0.6) is 0 Å². The molecule has 0 aliphatic carbocycles. The highest BCUT2D eigenvalue weighted by molar-refractivity contribution is 7.80. The molecule has 0 spiro atoms. The molecule has 0 atom stereocenters. The molecule has 0 amide bonds. The molecule has 2 N–H and O–H groups in total. The molecule has 0 radical (unpaired) electrons. The molecule has 1 heterocycles. The highest BCUT2D eigenvalue weighted by Crippen LogP contribution is 2.17. The molecule has 132 valence electrons. The molecule has 1 saturated heterocycles. The predicted molar refractivity (Wildman–Crippen MR) is 103 cm³/mol. The van der Waals surface area contributed by atoms with Crippen molar-refractivity contribution in [2.75, 3.05) is 58.3 Å². The van der Waals surface area contributed by atoms with Gasteiger partial charge in [0.05, 0.1) is 20.6 Å². The molecule has 0 bridgehead atoms. The molecule has 1 aliphatic heterocycles. The Kier molecular flexibility index (Phi) is 6.99. The van der Waals surface area contributed by atoms with Crippen molar-refractivity contribution in [1.29, 1.82) is 0 Å². The van der Waals surface area contributed by atoms with Crippen LogP contribution in [0.1, 0.15) is 23.7 Å². The van der Waals surface area contributed by atoms with Gasteiger partial charge in [0.1, 0.15) is 0 Å². The van der Waals surface area contributed by atoms with Crippen molar-refractivity contribution in [1.82, 2.24) is 10.2 Å². The molecule has 1 aromatic rings. The van der Waals surface area contributed by atoms with Crippen LogP contribution in [0, 0.1) is 0 Å². The van der Waals surface area contributed by atoms with Crippen molar-refractivity contribution in [3.63, 3.8) is 0 Å². The highest BCUT2D eigenvalue weighted by atomic mass is 32.1. The van der Waals surface area contributed by atoms with Gasteiger partial charge in [-0.15, -0.1) is 0 Å². The van der Waals surface area contributed by atoms with E-state index < -0.39 is 0 Å². The summed E-state index contributed by atoms with van der Waals surface area (Å²) < 4.78 is 0.